The molecule has 1 amide bonds. The van der Waals surface area contributed by atoms with Gasteiger partial charge in [0.05, 0.1) is 6.42 Å². The molecule has 0 spiro atoms. The molecule has 2 aromatic rings. The number of carbonyl (C=O) groups is 2. The van der Waals surface area contributed by atoms with Crippen LogP contribution in [0.4, 0.5) is 4.79 Å². The van der Waals surface area contributed by atoms with E-state index >= 15 is 0 Å². The molecule has 2 aromatic carbocycles. The molecule has 0 bridgehead atoms. The molecule has 3 rings (SSSR count). The summed E-state index contributed by atoms with van der Waals surface area (Å²) in [4.78, 5) is 23.8. The smallest absolute Gasteiger partial charge is 0.407 e. The van der Waals surface area contributed by atoms with Crippen molar-refractivity contribution in [2.24, 2.45) is 11.3 Å². The second kappa shape index (κ2) is 8.27. The summed E-state index contributed by atoms with van der Waals surface area (Å²) < 4.78 is 5.57. The van der Waals surface area contributed by atoms with Crippen molar-refractivity contribution in [3.63, 3.8) is 0 Å². The van der Waals surface area contributed by atoms with Gasteiger partial charge in [0.1, 0.15) is 6.61 Å². The number of fused-ring (bicyclic) bond motifs is 3. The van der Waals surface area contributed by atoms with Gasteiger partial charge >= 0.3 is 12.1 Å². The van der Waals surface area contributed by atoms with Gasteiger partial charge < -0.3 is 15.2 Å². The summed E-state index contributed by atoms with van der Waals surface area (Å²) in [6, 6.07) is 15.8. The number of hydrogen-bond acceptors (Lipinski definition) is 3. The number of amides is 1. The lowest BCUT2D eigenvalue weighted by Crippen LogP contribution is -2.45. The zero-order chi connectivity index (χ0) is 21.2. The molecule has 2 atom stereocenters. The molecule has 5 nitrogen and oxygen atoms in total. The fraction of sp³-hybridized carbons (Fsp3) is 0.417. The van der Waals surface area contributed by atoms with E-state index in [1.165, 1.54) is 11.1 Å². The first kappa shape index (κ1) is 20.9. The molecule has 1 aliphatic carbocycles. The Morgan fingerprint density at radius 3 is 2.03 bits per heavy atom. The van der Waals surface area contributed by atoms with E-state index in [0.717, 1.165) is 11.1 Å². The number of alkyl carbamates (subject to hydrolysis) is 1. The van der Waals surface area contributed by atoms with E-state index in [9.17, 15) is 14.7 Å². The molecule has 1 aliphatic rings. The Kier molecular flexibility index (Phi) is 5.96. The minimum absolute atomic E-state index is 0.0221. The molecule has 5 heteroatoms. The van der Waals surface area contributed by atoms with Crippen LogP contribution in [0.5, 0.6) is 0 Å². The molecule has 0 fully saturated rings. The first-order valence-corrected chi connectivity index (χ1v) is 10.0. The number of ether oxygens (including phenoxy) is 1. The van der Waals surface area contributed by atoms with Gasteiger partial charge in [-0.3, -0.25) is 4.79 Å². The standard InChI is InChI=1S/C24H29NO4/c1-15(24(2,3)4)21(13-22(26)27)25-23(28)29-14-20-18-11-7-5-9-16(18)17-10-6-8-12-19(17)20/h5-12,15,20-21H,13-14H2,1-4H3,(H,25,28)(H,26,27). The van der Waals surface area contributed by atoms with Gasteiger partial charge in [0.15, 0.2) is 0 Å². The van der Waals surface area contributed by atoms with Crippen molar-refractivity contribution in [2.45, 2.75) is 46.1 Å². The minimum atomic E-state index is -0.940. The number of hydrogen-bond donors (Lipinski definition) is 2. The summed E-state index contributed by atoms with van der Waals surface area (Å²) in [6.07, 6.45) is -0.711. The van der Waals surface area contributed by atoms with E-state index in [4.69, 9.17) is 4.74 Å². The number of benzene rings is 2. The van der Waals surface area contributed by atoms with Crippen LogP contribution in [0, 0.1) is 11.3 Å². The molecule has 0 aromatic heterocycles. The molecule has 0 radical (unpaired) electrons. The van der Waals surface area contributed by atoms with Crippen LogP contribution in [0.1, 0.15) is 51.2 Å². The Morgan fingerprint density at radius 2 is 1.55 bits per heavy atom. The maximum absolute atomic E-state index is 12.5. The fourth-order valence-electron chi connectivity index (χ4n) is 3.94. The van der Waals surface area contributed by atoms with Gasteiger partial charge in [-0.05, 0) is 33.6 Å². The number of aliphatic carboxylic acids is 1. The molecule has 154 valence electrons. The lowest BCUT2D eigenvalue weighted by molar-refractivity contribution is -0.138. The SMILES string of the molecule is CC(C(CC(=O)O)NC(=O)OCC1c2ccccc2-c2ccccc21)C(C)(C)C. The second-order valence-corrected chi connectivity index (χ2v) is 8.83. The quantitative estimate of drug-likeness (QED) is 0.718. The van der Waals surface area contributed by atoms with Crippen molar-refractivity contribution < 1.29 is 19.4 Å². The van der Waals surface area contributed by atoms with E-state index in [-0.39, 0.29) is 30.3 Å². The zero-order valence-electron chi connectivity index (χ0n) is 17.4. The number of rotatable bonds is 6. The Hall–Kier alpha value is -2.82. The summed E-state index contributed by atoms with van der Waals surface area (Å²) in [5, 5.41) is 12.0. The van der Waals surface area contributed by atoms with Crippen LogP contribution >= 0.6 is 0 Å². The third-order valence-corrected chi connectivity index (χ3v) is 6.01. The van der Waals surface area contributed by atoms with E-state index in [1.54, 1.807) is 0 Å². The van der Waals surface area contributed by atoms with E-state index < -0.39 is 18.1 Å². The fourth-order valence-corrected chi connectivity index (χ4v) is 3.94. The first-order chi connectivity index (χ1) is 13.7. The van der Waals surface area contributed by atoms with Gasteiger partial charge in [-0.25, -0.2) is 4.79 Å². The third-order valence-electron chi connectivity index (χ3n) is 6.01. The summed E-state index contributed by atoms with van der Waals surface area (Å²) in [5.74, 6) is -0.991. The summed E-state index contributed by atoms with van der Waals surface area (Å²) in [5.41, 5.74) is 4.49. The van der Waals surface area contributed by atoms with Crippen molar-refractivity contribution >= 4 is 12.1 Å². The minimum Gasteiger partial charge on any atom is -0.481 e. The monoisotopic (exact) mass is 395 g/mol. The highest BCUT2D eigenvalue weighted by Gasteiger charge is 2.33. The Bertz CT molecular complexity index is 854. The topological polar surface area (TPSA) is 75.6 Å². The van der Waals surface area contributed by atoms with Gasteiger partial charge in [-0.2, -0.15) is 0 Å². The highest BCUT2D eigenvalue weighted by atomic mass is 16.5. The van der Waals surface area contributed by atoms with Crippen LogP contribution in [0.3, 0.4) is 0 Å². The molecule has 0 heterocycles. The third kappa shape index (κ3) is 4.61. The molecular formula is C24H29NO4. The van der Waals surface area contributed by atoms with Crippen molar-refractivity contribution in [1.29, 1.82) is 0 Å². The van der Waals surface area contributed by atoms with Crippen LogP contribution in [-0.4, -0.2) is 29.8 Å². The molecule has 2 N–H and O–H groups in total. The average Bonchev–Trinajstić information content (AvgIpc) is 2.98. The molecule has 0 saturated carbocycles. The van der Waals surface area contributed by atoms with Crippen LogP contribution < -0.4 is 5.32 Å². The van der Waals surface area contributed by atoms with Gasteiger partial charge in [0.25, 0.3) is 0 Å². The molecular weight excluding hydrogens is 366 g/mol. The van der Waals surface area contributed by atoms with Crippen molar-refractivity contribution in [2.75, 3.05) is 6.61 Å². The van der Waals surface area contributed by atoms with Crippen LogP contribution in [0.2, 0.25) is 0 Å². The summed E-state index contributed by atoms with van der Waals surface area (Å²) in [6.45, 7) is 8.27. The van der Waals surface area contributed by atoms with Gasteiger partial charge in [-0.1, -0.05) is 76.2 Å². The number of nitrogens with one attached hydrogen (secondary N) is 1. The first-order valence-electron chi connectivity index (χ1n) is 10.0. The van der Waals surface area contributed by atoms with Gasteiger partial charge in [0.2, 0.25) is 0 Å². The summed E-state index contributed by atoms with van der Waals surface area (Å²) in [7, 11) is 0. The van der Waals surface area contributed by atoms with Gasteiger partial charge in [0, 0.05) is 12.0 Å². The van der Waals surface area contributed by atoms with Crippen LogP contribution in [0.25, 0.3) is 11.1 Å². The van der Waals surface area contributed by atoms with E-state index in [2.05, 4.69) is 29.6 Å². The largest absolute Gasteiger partial charge is 0.481 e. The number of carboxylic acid groups (broad SMARTS) is 1. The normalized spacial score (nSPS) is 15.2. The highest BCUT2D eigenvalue weighted by Crippen LogP contribution is 2.44. The van der Waals surface area contributed by atoms with Crippen LogP contribution in [0.15, 0.2) is 48.5 Å². The van der Waals surface area contributed by atoms with Crippen LogP contribution in [-0.2, 0) is 9.53 Å². The van der Waals surface area contributed by atoms with Crippen molar-refractivity contribution in [3.8, 4) is 11.1 Å². The van der Waals surface area contributed by atoms with Crippen molar-refractivity contribution in [3.05, 3.63) is 59.7 Å². The molecule has 0 aliphatic heterocycles. The lowest BCUT2D eigenvalue weighted by Gasteiger charge is -2.34. The second-order valence-electron chi connectivity index (χ2n) is 8.83. The maximum Gasteiger partial charge on any atom is 0.407 e. The predicted octanol–water partition coefficient (Wildman–Crippen LogP) is 5.05. The Morgan fingerprint density at radius 1 is 1.03 bits per heavy atom. The molecule has 29 heavy (non-hydrogen) atoms. The average molecular weight is 395 g/mol. The number of carbonyl (C=O) groups excluding carboxylic acids is 1. The lowest BCUT2D eigenvalue weighted by atomic mass is 9.76. The summed E-state index contributed by atoms with van der Waals surface area (Å²) >= 11 is 0. The Labute approximate surface area is 172 Å². The molecule has 2 unspecified atom stereocenters. The molecule has 0 saturated heterocycles. The zero-order valence-corrected chi connectivity index (χ0v) is 17.4. The highest BCUT2D eigenvalue weighted by molar-refractivity contribution is 5.79. The van der Waals surface area contributed by atoms with Gasteiger partial charge in [-0.15, -0.1) is 0 Å². The van der Waals surface area contributed by atoms with Crippen molar-refractivity contribution in [1.82, 2.24) is 5.32 Å². The maximum atomic E-state index is 12.5. The van der Waals surface area contributed by atoms with E-state index in [1.807, 2.05) is 52.0 Å². The van der Waals surface area contributed by atoms with E-state index in [0.29, 0.717) is 0 Å². The number of carboxylic acids is 1. The Balaban J connectivity index is 1.71. The predicted molar refractivity (Wildman–Crippen MR) is 113 cm³/mol.